The van der Waals surface area contributed by atoms with Gasteiger partial charge in [0, 0.05) is 18.0 Å². The van der Waals surface area contributed by atoms with Gasteiger partial charge in [0.2, 0.25) is 11.8 Å². The Labute approximate surface area is 185 Å². The zero-order valence-electron chi connectivity index (χ0n) is 17.9. The van der Waals surface area contributed by atoms with Crippen molar-refractivity contribution in [3.8, 4) is 0 Å². The lowest BCUT2D eigenvalue weighted by Gasteiger charge is -2.43. The van der Waals surface area contributed by atoms with Gasteiger partial charge in [-0.15, -0.1) is 0 Å². The lowest BCUT2D eigenvalue weighted by molar-refractivity contribution is -0.147. The number of furan rings is 1. The number of rotatable bonds is 3. The highest BCUT2D eigenvalue weighted by Gasteiger charge is 2.74. The molecular formula is C25H24N2O5. The minimum atomic E-state index is -0.975. The number of aryl methyl sites for hydroxylation is 1. The summed E-state index contributed by atoms with van der Waals surface area (Å²) in [7, 11) is 0. The molecule has 2 aromatic rings. The van der Waals surface area contributed by atoms with E-state index in [1.807, 2.05) is 50.3 Å². The molecule has 0 aliphatic carbocycles. The predicted octanol–water partition coefficient (Wildman–Crippen LogP) is 3.03. The summed E-state index contributed by atoms with van der Waals surface area (Å²) in [6.07, 6.45) is 5.05. The Bertz CT molecular complexity index is 1140. The second-order valence-electron chi connectivity index (χ2n) is 9.33. The zero-order valence-corrected chi connectivity index (χ0v) is 17.9. The van der Waals surface area contributed by atoms with Crippen LogP contribution in [0.25, 0.3) is 0 Å². The number of anilines is 1. The highest BCUT2D eigenvalue weighted by atomic mass is 16.5. The fourth-order valence-corrected chi connectivity index (χ4v) is 6.13. The molecule has 7 atom stereocenters. The third-order valence-corrected chi connectivity index (χ3v) is 7.57. The minimum absolute atomic E-state index is 0.0727. The third kappa shape index (κ3) is 2.48. The Morgan fingerprint density at radius 3 is 2.69 bits per heavy atom. The second kappa shape index (κ2) is 6.65. The molecule has 5 heterocycles. The van der Waals surface area contributed by atoms with Crippen molar-refractivity contribution in [2.75, 3.05) is 5.32 Å². The van der Waals surface area contributed by atoms with Gasteiger partial charge in [-0.1, -0.05) is 36.8 Å². The summed E-state index contributed by atoms with van der Waals surface area (Å²) in [5.74, 6) is -1.44. The monoisotopic (exact) mass is 432 g/mol. The summed E-state index contributed by atoms with van der Waals surface area (Å²) in [6.45, 7) is 3.84. The second-order valence-corrected chi connectivity index (χ2v) is 9.33. The molecule has 3 fully saturated rings. The number of benzene rings is 1. The maximum Gasteiger partial charge on any atom is 0.231 e. The van der Waals surface area contributed by atoms with E-state index in [1.165, 1.54) is 0 Å². The molecule has 7 heteroatoms. The quantitative estimate of drug-likeness (QED) is 0.754. The molecule has 1 aromatic carbocycles. The standard InChI is InChI=1S/C25H24N2O5/c1-13-5-7-15(8-6-13)26-23(29)20-19-9-10-25(32-19)21(20)24(30)27-16(18-4-3-11-31-18)12-17(28)14(2)22(25)27/h3-11,14,16,19-22H,12H2,1-2H3,(H,26,29). The Morgan fingerprint density at radius 2 is 1.97 bits per heavy atom. The maximum absolute atomic E-state index is 13.9. The summed E-state index contributed by atoms with van der Waals surface area (Å²) >= 11 is 0. The first-order chi connectivity index (χ1) is 15.4. The van der Waals surface area contributed by atoms with Gasteiger partial charge in [-0.3, -0.25) is 14.4 Å². The molecule has 7 unspecified atom stereocenters. The predicted molar refractivity (Wildman–Crippen MR) is 114 cm³/mol. The Kier molecular flexibility index (Phi) is 4.05. The minimum Gasteiger partial charge on any atom is -0.467 e. The molecule has 1 spiro atoms. The average molecular weight is 432 g/mol. The summed E-state index contributed by atoms with van der Waals surface area (Å²) in [5, 5.41) is 2.96. The van der Waals surface area contributed by atoms with Crippen molar-refractivity contribution in [3.05, 3.63) is 66.1 Å². The smallest absolute Gasteiger partial charge is 0.231 e. The van der Waals surface area contributed by atoms with Crippen LogP contribution in [-0.4, -0.2) is 40.2 Å². The topological polar surface area (TPSA) is 88.8 Å². The molecule has 6 rings (SSSR count). The van der Waals surface area contributed by atoms with Crippen molar-refractivity contribution in [1.29, 1.82) is 0 Å². The molecule has 3 saturated heterocycles. The SMILES string of the molecule is Cc1ccc(NC(=O)C2C3C=CC4(O3)C2C(=O)N2C(c3ccco3)CC(=O)C(C)C24)cc1. The summed E-state index contributed by atoms with van der Waals surface area (Å²) in [5.41, 5.74) is 0.803. The van der Waals surface area contributed by atoms with Gasteiger partial charge in [0.1, 0.15) is 17.1 Å². The largest absolute Gasteiger partial charge is 0.467 e. The van der Waals surface area contributed by atoms with Crippen LogP contribution in [0.15, 0.2) is 59.2 Å². The van der Waals surface area contributed by atoms with Crippen molar-refractivity contribution < 1.29 is 23.5 Å². The third-order valence-electron chi connectivity index (χ3n) is 7.57. The van der Waals surface area contributed by atoms with E-state index in [2.05, 4.69) is 5.32 Å². The summed E-state index contributed by atoms with van der Waals surface area (Å²) < 4.78 is 12.0. The molecule has 2 bridgehead atoms. The highest BCUT2D eigenvalue weighted by Crippen LogP contribution is 2.59. The van der Waals surface area contributed by atoms with Crippen molar-refractivity contribution in [2.45, 2.75) is 44.1 Å². The highest BCUT2D eigenvalue weighted by molar-refractivity contribution is 6.00. The van der Waals surface area contributed by atoms with E-state index in [9.17, 15) is 14.4 Å². The van der Waals surface area contributed by atoms with E-state index in [0.29, 0.717) is 11.4 Å². The molecule has 1 aromatic heterocycles. The molecule has 32 heavy (non-hydrogen) atoms. The number of hydrogen-bond donors (Lipinski definition) is 1. The van der Waals surface area contributed by atoms with Gasteiger partial charge in [0.05, 0.1) is 36.3 Å². The van der Waals surface area contributed by atoms with Crippen LogP contribution in [0.2, 0.25) is 0 Å². The van der Waals surface area contributed by atoms with Crippen LogP contribution in [0.4, 0.5) is 5.69 Å². The molecule has 2 amide bonds. The van der Waals surface area contributed by atoms with Gasteiger partial charge in [-0.05, 0) is 31.2 Å². The lowest BCUT2D eigenvalue weighted by atomic mass is 9.70. The van der Waals surface area contributed by atoms with Gasteiger partial charge in [0.15, 0.2) is 0 Å². The average Bonchev–Trinajstić information content (AvgIpc) is 3.54. The number of ether oxygens (including phenoxy) is 1. The lowest BCUT2D eigenvalue weighted by Crippen LogP contribution is -2.55. The molecule has 4 aliphatic heterocycles. The fraction of sp³-hybridized carbons (Fsp3) is 0.400. The van der Waals surface area contributed by atoms with Crippen molar-refractivity contribution in [3.63, 3.8) is 0 Å². The molecule has 7 nitrogen and oxygen atoms in total. The van der Waals surface area contributed by atoms with Crippen LogP contribution in [0, 0.1) is 24.7 Å². The van der Waals surface area contributed by atoms with Crippen LogP contribution >= 0.6 is 0 Å². The molecular weight excluding hydrogens is 408 g/mol. The van der Waals surface area contributed by atoms with Gasteiger partial charge in [-0.25, -0.2) is 0 Å². The first-order valence-corrected chi connectivity index (χ1v) is 11.0. The van der Waals surface area contributed by atoms with E-state index < -0.39 is 41.5 Å². The van der Waals surface area contributed by atoms with Crippen LogP contribution in [0.5, 0.6) is 0 Å². The number of piperidine rings is 1. The van der Waals surface area contributed by atoms with E-state index in [0.717, 1.165) is 5.56 Å². The number of carbonyl (C=O) groups is 3. The molecule has 1 N–H and O–H groups in total. The summed E-state index contributed by atoms with van der Waals surface area (Å²) in [6, 6.07) is 10.2. The van der Waals surface area contributed by atoms with Gasteiger partial charge in [-0.2, -0.15) is 0 Å². The van der Waals surface area contributed by atoms with Gasteiger partial charge >= 0.3 is 0 Å². The molecule has 4 aliphatic rings. The first kappa shape index (κ1) is 19.5. The number of Topliss-reactive ketones (excluding diaryl/α,β-unsaturated/α-hetero) is 1. The normalized spacial score (nSPS) is 37.0. The van der Waals surface area contributed by atoms with Crippen molar-refractivity contribution in [2.24, 2.45) is 17.8 Å². The number of carbonyl (C=O) groups excluding carboxylic acids is 3. The van der Waals surface area contributed by atoms with Crippen LogP contribution < -0.4 is 5.32 Å². The maximum atomic E-state index is 13.9. The van der Waals surface area contributed by atoms with Crippen LogP contribution in [0.3, 0.4) is 0 Å². The summed E-state index contributed by atoms with van der Waals surface area (Å²) in [4.78, 5) is 41.9. The molecule has 0 radical (unpaired) electrons. The van der Waals surface area contributed by atoms with Gasteiger partial charge in [0.25, 0.3) is 0 Å². The van der Waals surface area contributed by atoms with Gasteiger partial charge < -0.3 is 19.4 Å². The van der Waals surface area contributed by atoms with Crippen LogP contribution in [-0.2, 0) is 19.1 Å². The Morgan fingerprint density at radius 1 is 1.19 bits per heavy atom. The molecule has 0 saturated carbocycles. The Hall–Kier alpha value is -3.19. The number of hydrogen-bond acceptors (Lipinski definition) is 5. The number of nitrogens with zero attached hydrogens (tertiary/aromatic N) is 1. The van der Waals surface area contributed by atoms with Crippen molar-refractivity contribution in [1.82, 2.24) is 4.90 Å². The Balaban J connectivity index is 1.38. The fourth-order valence-electron chi connectivity index (χ4n) is 6.13. The number of ketones is 1. The van der Waals surface area contributed by atoms with E-state index in [4.69, 9.17) is 9.15 Å². The number of amides is 2. The number of fused-ring (bicyclic) bond motifs is 2. The van der Waals surface area contributed by atoms with Crippen molar-refractivity contribution >= 4 is 23.3 Å². The number of nitrogens with one attached hydrogen (secondary N) is 1. The van der Waals surface area contributed by atoms with E-state index in [1.54, 1.807) is 23.3 Å². The van der Waals surface area contributed by atoms with Crippen LogP contribution in [0.1, 0.15) is 30.7 Å². The first-order valence-electron chi connectivity index (χ1n) is 11.0. The molecule has 164 valence electrons. The van der Waals surface area contributed by atoms with E-state index >= 15 is 0 Å². The zero-order chi connectivity index (χ0) is 22.2. The van der Waals surface area contributed by atoms with E-state index in [-0.39, 0.29) is 24.0 Å².